The minimum atomic E-state index is -3.58. The molecule has 1 amide bonds. The van der Waals surface area contributed by atoms with E-state index in [1.807, 2.05) is 84.9 Å². The van der Waals surface area contributed by atoms with Gasteiger partial charge in [0.25, 0.3) is 0 Å². The Hall–Kier alpha value is -2.80. The first-order valence-corrected chi connectivity index (χ1v) is 14.6. The van der Waals surface area contributed by atoms with Crippen LogP contribution < -0.4 is 0 Å². The number of nitrogens with zero attached hydrogens (tertiary/aromatic N) is 1. The van der Waals surface area contributed by atoms with E-state index in [0.717, 1.165) is 22.3 Å². The fourth-order valence-corrected chi connectivity index (χ4v) is 6.36. The Balaban J connectivity index is 1.81. The fraction of sp³-hybridized carbons (Fsp3) is 0.367. The molecule has 0 aromatic heterocycles. The predicted octanol–water partition coefficient (Wildman–Crippen LogP) is 7.08. The van der Waals surface area contributed by atoms with E-state index >= 15 is 0 Å². The normalized spacial score (nSPS) is 12.3. The van der Waals surface area contributed by atoms with Crippen LogP contribution >= 0.6 is 7.60 Å². The lowest BCUT2D eigenvalue weighted by Gasteiger charge is -2.30. The van der Waals surface area contributed by atoms with Crippen molar-refractivity contribution in [2.75, 3.05) is 19.8 Å². The molecule has 3 aromatic rings. The maximum atomic E-state index is 14.1. The van der Waals surface area contributed by atoms with Crippen LogP contribution in [0.25, 0.3) is 0 Å². The third kappa shape index (κ3) is 8.90. The summed E-state index contributed by atoms with van der Waals surface area (Å²) in [4.78, 5) is 18.2. The lowest BCUT2D eigenvalue weighted by atomic mass is 10.0. The third-order valence-electron chi connectivity index (χ3n) is 5.97. The number of hydrogen-bond acceptors (Lipinski definition) is 6. The van der Waals surface area contributed by atoms with E-state index in [0.29, 0.717) is 19.6 Å². The number of carbonyl (C=O) groups excluding carboxylic acids is 1. The Morgan fingerprint density at radius 1 is 0.789 bits per heavy atom. The second kappa shape index (κ2) is 15.6. The van der Waals surface area contributed by atoms with Crippen LogP contribution in [-0.4, -0.2) is 30.7 Å². The van der Waals surface area contributed by atoms with E-state index in [1.54, 1.807) is 13.8 Å². The van der Waals surface area contributed by atoms with Crippen LogP contribution in [0, 0.1) is 0 Å². The summed E-state index contributed by atoms with van der Waals surface area (Å²) < 4.78 is 31.7. The maximum Gasteiger partial charge on any atom is 0.338 e. The van der Waals surface area contributed by atoms with Gasteiger partial charge in [0.2, 0.25) is 5.91 Å². The van der Waals surface area contributed by atoms with Crippen molar-refractivity contribution >= 4 is 13.5 Å². The van der Waals surface area contributed by atoms with E-state index in [4.69, 9.17) is 18.6 Å². The number of amides is 1. The Bertz CT molecular complexity index is 1150. The topological polar surface area (TPSA) is 74.3 Å². The summed E-state index contributed by atoms with van der Waals surface area (Å²) in [5, 5.41) is 1.32. The van der Waals surface area contributed by atoms with Gasteiger partial charge in [0, 0.05) is 13.5 Å². The molecule has 0 N–H and O–H groups in total. The van der Waals surface area contributed by atoms with Gasteiger partial charge in [0.1, 0.15) is 6.61 Å². The highest BCUT2D eigenvalue weighted by Crippen LogP contribution is 2.63. The summed E-state index contributed by atoms with van der Waals surface area (Å²) in [5.41, 5.74) is 3.13. The number of hydrogen-bond donors (Lipinski definition) is 0. The zero-order chi connectivity index (χ0) is 27.2. The van der Waals surface area contributed by atoms with E-state index < -0.39 is 13.3 Å². The molecule has 7 nitrogen and oxygen atoms in total. The molecule has 38 heavy (non-hydrogen) atoms. The molecule has 0 aliphatic carbocycles. The highest BCUT2D eigenvalue weighted by Gasteiger charge is 2.38. The minimum absolute atomic E-state index is 0.218. The summed E-state index contributed by atoms with van der Waals surface area (Å²) in [7, 11) is -3.58. The summed E-state index contributed by atoms with van der Waals surface area (Å²) in [6.45, 7) is 6.78. The van der Waals surface area contributed by atoms with Gasteiger partial charge in [0.05, 0.1) is 32.1 Å². The Morgan fingerprint density at radius 3 is 1.92 bits per heavy atom. The second-order valence-corrected chi connectivity index (χ2v) is 11.0. The van der Waals surface area contributed by atoms with Crippen molar-refractivity contribution in [2.45, 2.75) is 52.7 Å². The van der Waals surface area contributed by atoms with Crippen LogP contribution in [-0.2, 0) is 47.8 Å². The van der Waals surface area contributed by atoms with Gasteiger partial charge in [-0.2, -0.15) is 0 Å². The van der Waals surface area contributed by atoms with Crippen molar-refractivity contribution < 1.29 is 28.0 Å². The highest BCUT2D eigenvalue weighted by molar-refractivity contribution is 7.54. The van der Waals surface area contributed by atoms with Crippen LogP contribution in [0.4, 0.5) is 0 Å². The average molecular weight is 540 g/mol. The third-order valence-corrected chi connectivity index (χ3v) is 8.51. The molecule has 3 aromatic carbocycles. The van der Waals surface area contributed by atoms with Gasteiger partial charge < -0.3 is 13.8 Å². The van der Waals surface area contributed by atoms with Crippen LogP contribution in [0.3, 0.4) is 0 Å². The van der Waals surface area contributed by atoms with Crippen molar-refractivity contribution in [3.05, 3.63) is 107 Å². The molecule has 0 fully saturated rings. The van der Waals surface area contributed by atoms with Gasteiger partial charge in [-0.15, -0.1) is 0 Å². The largest absolute Gasteiger partial charge is 0.372 e. The number of rotatable bonds is 16. The molecule has 1 unspecified atom stereocenters. The summed E-state index contributed by atoms with van der Waals surface area (Å²) in [6, 6.07) is 27.3. The molecule has 0 heterocycles. The molecule has 0 bridgehead atoms. The lowest BCUT2D eigenvalue weighted by molar-refractivity contribution is -0.189. The van der Waals surface area contributed by atoms with Crippen LogP contribution in [0.5, 0.6) is 0 Å². The molecular weight excluding hydrogens is 501 g/mol. The van der Waals surface area contributed by atoms with Gasteiger partial charge >= 0.3 is 7.60 Å². The first kappa shape index (κ1) is 29.8. The molecule has 204 valence electrons. The Kier molecular flexibility index (Phi) is 12.2. The Labute approximate surface area is 226 Å². The van der Waals surface area contributed by atoms with Gasteiger partial charge in [-0.25, -0.2) is 5.06 Å². The second-order valence-electron chi connectivity index (χ2n) is 8.74. The standard InChI is InChI=1S/C30H38NO6P/c1-4-36-38(33,37-5-2)30(20-21-31(25(3)32)35-23-27-16-10-7-11-17-27)29-19-13-12-18-28(29)24-34-22-26-14-8-6-9-15-26/h6-19,30H,4-5,20-24H2,1-3H3. The van der Waals surface area contributed by atoms with Gasteiger partial charge in [0.15, 0.2) is 0 Å². The summed E-state index contributed by atoms with van der Waals surface area (Å²) >= 11 is 0. The van der Waals surface area contributed by atoms with Crippen molar-refractivity contribution in [2.24, 2.45) is 0 Å². The minimum Gasteiger partial charge on any atom is -0.372 e. The summed E-state index contributed by atoms with van der Waals surface area (Å²) in [6.07, 6.45) is 0.321. The van der Waals surface area contributed by atoms with Crippen molar-refractivity contribution in [1.29, 1.82) is 0 Å². The SMILES string of the molecule is CCOP(=O)(OCC)C(CCN(OCc1ccccc1)C(C)=O)c1ccccc1COCc1ccccc1. The van der Waals surface area contributed by atoms with Crippen molar-refractivity contribution in [3.63, 3.8) is 0 Å². The number of ether oxygens (including phenoxy) is 1. The quantitative estimate of drug-likeness (QED) is 0.143. The lowest BCUT2D eigenvalue weighted by Crippen LogP contribution is -2.31. The van der Waals surface area contributed by atoms with Crippen LogP contribution in [0.1, 0.15) is 55.1 Å². The smallest absolute Gasteiger partial charge is 0.338 e. The van der Waals surface area contributed by atoms with Gasteiger partial charge in [-0.1, -0.05) is 84.9 Å². The molecule has 0 saturated heterocycles. The molecular formula is C30H38NO6P. The molecule has 0 spiro atoms. The Morgan fingerprint density at radius 2 is 1.34 bits per heavy atom. The molecule has 0 aliphatic heterocycles. The molecule has 3 rings (SSSR count). The van der Waals surface area contributed by atoms with E-state index in [9.17, 15) is 9.36 Å². The highest BCUT2D eigenvalue weighted by atomic mass is 31.2. The average Bonchev–Trinajstić information content (AvgIpc) is 2.92. The molecule has 0 aliphatic rings. The predicted molar refractivity (Wildman–Crippen MR) is 148 cm³/mol. The molecule has 1 atom stereocenters. The fourth-order valence-electron chi connectivity index (χ4n) is 4.18. The van der Waals surface area contributed by atoms with Crippen molar-refractivity contribution in [3.8, 4) is 0 Å². The van der Waals surface area contributed by atoms with Gasteiger partial charge in [-0.05, 0) is 42.5 Å². The zero-order valence-electron chi connectivity index (χ0n) is 22.5. The van der Waals surface area contributed by atoms with E-state index in [1.165, 1.54) is 12.0 Å². The first-order valence-electron chi connectivity index (χ1n) is 13.0. The molecule has 0 saturated carbocycles. The zero-order valence-corrected chi connectivity index (χ0v) is 23.3. The molecule has 0 radical (unpaired) electrons. The van der Waals surface area contributed by atoms with Crippen LogP contribution in [0.15, 0.2) is 84.9 Å². The van der Waals surface area contributed by atoms with E-state index in [2.05, 4.69) is 0 Å². The first-order chi connectivity index (χ1) is 18.5. The van der Waals surface area contributed by atoms with Gasteiger partial charge in [-0.3, -0.25) is 14.2 Å². The van der Waals surface area contributed by atoms with Crippen molar-refractivity contribution in [1.82, 2.24) is 5.06 Å². The number of carbonyl (C=O) groups is 1. The van der Waals surface area contributed by atoms with Crippen LogP contribution in [0.2, 0.25) is 0 Å². The summed E-state index contributed by atoms with van der Waals surface area (Å²) in [5.74, 6) is -0.234. The van der Waals surface area contributed by atoms with E-state index in [-0.39, 0.29) is 32.3 Å². The maximum absolute atomic E-state index is 14.1. The monoisotopic (exact) mass is 539 g/mol. The molecule has 8 heteroatoms. The number of benzene rings is 3. The number of hydroxylamine groups is 2.